The number of rotatable bonds is 6. The molecular weight excluding hydrogens is 258 g/mol. The fourth-order valence-electron chi connectivity index (χ4n) is 1.39. The van der Waals surface area contributed by atoms with Gasteiger partial charge in [0.05, 0.1) is 17.9 Å². The smallest absolute Gasteiger partial charge is 0.335 e. The number of carboxylic acid groups (broad SMARTS) is 1. The molecule has 1 rings (SSSR count). The van der Waals surface area contributed by atoms with Gasteiger partial charge in [0, 0.05) is 13.6 Å². The number of carboxylic acids is 1. The standard InChI is InChI=1S/C11H15NO5S/c1-12(5-6-13)18(16,17)8-9-3-2-4-10(7-9)11(14)15/h2-4,7,13H,5-6,8H2,1H3,(H,14,15). The number of hydrogen-bond acceptors (Lipinski definition) is 4. The first kappa shape index (κ1) is 14.6. The van der Waals surface area contributed by atoms with Gasteiger partial charge in [-0.25, -0.2) is 17.5 Å². The second-order valence-corrected chi connectivity index (χ2v) is 5.88. The highest BCUT2D eigenvalue weighted by atomic mass is 32.2. The molecule has 7 heteroatoms. The number of hydrogen-bond donors (Lipinski definition) is 2. The Labute approximate surface area is 106 Å². The van der Waals surface area contributed by atoms with E-state index in [2.05, 4.69) is 0 Å². The number of carbonyl (C=O) groups is 1. The summed E-state index contributed by atoms with van der Waals surface area (Å²) in [5.41, 5.74) is 0.451. The van der Waals surface area contributed by atoms with Crippen LogP contribution in [0.4, 0.5) is 0 Å². The maximum atomic E-state index is 11.8. The number of nitrogens with zero attached hydrogens (tertiary/aromatic N) is 1. The van der Waals surface area contributed by atoms with E-state index in [0.29, 0.717) is 5.56 Å². The molecule has 100 valence electrons. The van der Waals surface area contributed by atoms with Crippen LogP contribution in [0.25, 0.3) is 0 Å². The Morgan fingerprint density at radius 1 is 1.39 bits per heavy atom. The molecular formula is C11H15NO5S. The predicted molar refractivity (Wildman–Crippen MR) is 65.7 cm³/mol. The van der Waals surface area contributed by atoms with Gasteiger partial charge in [-0.15, -0.1) is 0 Å². The van der Waals surface area contributed by atoms with Crippen molar-refractivity contribution >= 4 is 16.0 Å². The van der Waals surface area contributed by atoms with Crippen LogP contribution in [0.3, 0.4) is 0 Å². The maximum absolute atomic E-state index is 11.8. The average Bonchev–Trinajstić information content (AvgIpc) is 2.29. The monoisotopic (exact) mass is 273 g/mol. The molecule has 0 spiro atoms. The van der Waals surface area contributed by atoms with E-state index in [-0.39, 0.29) is 24.5 Å². The molecule has 0 aromatic heterocycles. The number of aliphatic hydroxyl groups excluding tert-OH is 1. The van der Waals surface area contributed by atoms with E-state index in [0.717, 1.165) is 4.31 Å². The minimum absolute atomic E-state index is 0.0148. The van der Waals surface area contributed by atoms with E-state index < -0.39 is 16.0 Å². The molecule has 0 heterocycles. The molecule has 0 atom stereocenters. The zero-order valence-corrected chi connectivity index (χ0v) is 10.7. The Bertz CT molecular complexity index is 526. The molecule has 1 aromatic rings. The summed E-state index contributed by atoms with van der Waals surface area (Å²) >= 11 is 0. The molecule has 0 fully saturated rings. The minimum Gasteiger partial charge on any atom is -0.478 e. The Balaban J connectivity index is 2.90. The maximum Gasteiger partial charge on any atom is 0.335 e. The summed E-state index contributed by atoms with van der Waals surface area (Å²) in [7, 11) is -2.17. The summed E-state index contributed by atoms with van der Waals surface area (Å²) < 4.78 is 24.7. The molecule has 18 heavy (non-hydrogen) atoms. The average molecular weight is 273 g/mol. The van der Waals surface area contributed by atoms with E-state index >= 15 is 0 Å². The first-order valence-electron chi connectivity index (χ1n) is 5.24. The highest BCUT2D eigenvalue weighted by molar-refractivity contribution is 7.88. The van der Waals surface area contributed by atoms with Gasteiger partial charge in [0.2, 0.25) is 10.0 Å². The summed E-state index contributed by atoms with van der Waals surface area (Å²) in [6.45, 7) is -0.244. The molecule has 0 saturated heterocycles. The molecule has 0 aliphatic heterocycles. The first-order valence-corrected chi connectivity index (χ1v) is 6.85. The summed E-state index contributed by atoms with van der Waals surface area (Å²) in [4.78, 5) is 10.8. The first-order chi connectivity index (χ1) is 8.36. The summed E-state index contributed by atoms with van der Waals surface area (Å²) in [6, 6.07) is 5.78. The predicted octanol–water partition coefficient (Wildman–Crippen LogP) is 0.139. The lowest BCUT2D eigenvalue weighted by Crippen LogP contribution is -2.30. The zero-order valence-electron chi connectivity index (χ0n) is 9.91. The van der Waals surface area contributed by atoms with Gasteiger partial charge in [-0.3, -0.25) is 0 Å². The number of likely N-dealkylation sites (N-methyl/N-ethyl adjacent to an activating group) is 1. The van der Waals surface area contributed by atoms with Crippen LogP contribution in [0.5, 0.6) is 0 Å². The van der Waals surface area contributed by atoms with Crippen molar-refractivity contribution in [2.45, 2.75) is 5.75 Å². The molecule has 2 N–H and O–H groups in total. The molecule has 0 saturated carbocycles. The van der Waals surface area contributed by atoms with Gasteiger partial charge in [0.15, 0.2) is 0 Å². The molecule has 0 unspecified atom stereocenters. The second kappa shape index (κ2) is 5.94. The Hall–Kier alpha value is -1.44. The Morgan fingerprint density at radius 3 is 2.61 bits per heavy atom. The van der Waals surface area contributed by atoms with E-state index in [1.54, 1.807) is 6.07 Å². The third-order valence-corrected chi connectivity index (χ3v) is 4.24. The molecule has 1 aromatic carbocycles. The molecule has 0 aliphatic carbocycles. The van der Waals surface area contributed by atoms with E-state index in [1.807, 2.05) is 0 Å². The summed E-state index contributed by atoms with van der Waals surface area (Å²) in [6.07, 6.45) is 0. The molecule has 0 bridgehead atoms. The number of aromatic carboxylic acids is 1. The SMILES string of the molecule is CN(CCO)S(=O)(=O)Cc1cccc(C(=O)O)c1. The largest absolute Gasteiger partial charge is 0.478 e. The van der Waals surface area contributed by atoms with Crippen LogP contribution >= 0.6 is 0 Å². The van der Waals surface area contributed by atoms with Crippen LogP contribution in [-0.2, 0) is 15.8 Å². The third-order valence-electron chi connectivity index (χ3n) is 2.41. The summed E-state index contributed by atoms with van der Waals surface area (Å²) in [5.74, 6) is -1.39. The molecule has 0 radical (unpaired) electrons. The Kier molecular flexibility index (Phi) is 4.83. The van der Waals surface area contributed by atoms with Gasteiger partial charge in [-0.1, -0.05) is 12.1 Å². The fraction of sp³-hybridized carbons (Fsp3) is 0.364. The quantitative estimate of drug-likeness (QED) is 0.768. The van der Waals surface area contributed by atoms with Crippen molar-refractivity contribution in [1.82, 2.24) is 4.31 Å². The van der Waals surface area contributed by atoms with Crippen molar-refractivity contribution in [2.75, 3.05) is 20.2 Å². The van der Waals surface area contributed by atoms with Crippen molar-refractivity contribution in [3.63, 3.8) is 0 Å². The van der Waals surface area contributed by atoms with E-state index in [1.165, 1.54) is 25.2 Å². The molecule has 0 aliphatic rings. The van der Waals surface area contributed by atoms with Crippen molar-refractivity contribution in [2.24, 2.45) is 0 Å². The lowest BCUT2D eigenvalue weighted by Gasteiger charge is -2.15. The normalized spacial score (nSPS) is 11.7. The second-order valence-electron chi connectivity index (χ2n) is 3.81. The topological polar surface area (TPSA) is 94.9 Å². The van der Waals surface area contributed by atoms with E-state index in [4.69, 9.17) is 10.2 Å². The van der Waals surface area contributed by atoms with Crippen LogP contribution in [0.2, 0.25) is 0 Å². The molecule has 6 nitrogen and oxygen atoms in total. The fourth-order valence-corrected chi connectivity index (χ4v) is 2.58. The molecule has 0 amide bonds. The van der Waals surface area contributed by atoms with Crippen molar-refractivity contribution < 1.29 is 23.4 Å². The zero-order chi connectivity index (χ0) is 13.8. The van der Waals surface area contributed by atoms with Crippen LogP contribution in [-0.4, -0.2) is 49.1 Å². The van der Waals surface area contributed by atoms with Crippen LogP contribution in [0, 0.1) is 0 Å². The van der Waals surface area contributed by atoms with Gasteiger partial charge in [0.1, 0.15) is 0 Å². The van der Waals surface area contributed by atoms with Gasteiger partial charge in [0.25, 0.3) is 0 Å². The van der Waals surface area contributed by atoms with Crippen molar-refractivity contribution in [3.8, 4) is 0 Å². The Morgan fingerprint density at radius 2 is 2.06 bits per heavy atom. The van der Waals surface area contributed by atoms with Crippen LogP contribution in [0.15, 0.2) is 24.3 Å². The van der Waals surface area contributed by atoms with Crippen LogP contribution < -0.4 is 0 Å². The lowest BCUT2D eigenvalue weighted by atomic mass is 10.1. The third kappa shape index (κ3) is 3.80. The van der Waals surface area contributed by atoms with Gasteiger partial charge >= 0.3 is 5.97 Å². The van der Waals surface area contributed by atoms with E-state index in [9.17, 15) is 13.2 Å². The van der Waals surface area contributed by atoms with Gasteiger partial charge in [-0.2, -0.15) is 0 Å². The number of aliphatic hydroxyl groups is 1. The lowest BCUT2D eigenvalue weighted by molar-refractivity contribution is 0.0696. The summed E-state index contributed by atoms with van der Waals surface area (Å²) in [5, 5.41) is 17.5. The number of benzene rings is 1. The number of sulfonamides is 1. The highest BCUT2D eigenvalue weighted by Crippen LogP contribution is 2.11. The van der Waals surface area contributed by atoms with Gasteiger partial charge < -0.3 is 10.2 Å². The van der Waals surface area contributed by atoms with Crippen molar-refractivity contribution in [1.29, 1.82) is 0 Å². The van der Waals surface area contributed by atoms with Crippen molar-refractivity contribution in [3.05, 3.63) is 35.4 Å². The van der Waals surface area contributed by atoms with Crippen LogP contribution in [0.1, 0.15) is 15.9 Å². The van der Waals surface area contributed by atoms with Gasteiger partial charge in [-0.05, 0) is 17.7 Å². The highest BCUT2D eigenvalue weighted by Gasteiger charge is 2.18. The minimum atomic E-state index is -3.54.